The molecule has 0 aromatic heterocycles. The SMILES string of the molecule is FC1=NN(F)NC(N2CCCCC2)=C1. The minimum atomic E-state index is -0.813. The van der Waals surface area contributed by atoms with Crippen LogP contribution < -0.4 is 5.43 Å². The maximum absolute atomic E-state index is 12.8. The minimum Gasteiger partial charge on any atom is -0.357 e. The van der Waals surface area contributed by atoms with Gasteiger partial charge < -0.3 is 4.90 Å². The molecule has 0 saturated carbocycles. The lowest BCUT2D eigenvalue weighted by Gasteiger charge is -2.32. The molecule has 2 aliphatic rings. The predicted molar refractivity (Wildman–Crippen MR) is 48.1 cm³/mol. The molecule has 0 radical (unpaired) electrons. The molecule has 0 bridgehead atoms. The third-order valence-electron chi connectivity index (χ3n) is 2.34. The summed E-state index contributed by atoms with van der Waals surface area (Å²) >= 11 is 0. The zero-order valence-electron chi connectivity index (χ0n) is 7.71. The first kappa shape index (κ1) is 9.23. The normalized spacial score (nSPS) is 22.7. The van der Waals surface area contributed by atoms with Crippen molar-refractivity contribution in [2.24, 2.45) is 5.10 Å². The molecule has 6 heteroatoms. The number of hydrogen-bond acceptors (Lipinski definition) is 4. The number of hydrazine groups is 1. The van der Waals surface area contributed by atoms with E-state index in [0.29, 0.717) is 5.82 Å². The largest absolute Gasteiger partial charge is 0.357 e. The maximum atomic E-state index is 12.8. The second-order valence-electron chi connectivity index (χ2n) is 3.37. The van der Waals surface area contributed by atoms with Crippen molar-refractivity contribution in [3.63, 3.8) is 0 Å². The Hall–Kier alpha value is -1.33. The van der Waals surface area contributed by atoms with Crippen molar-refractivity contribution in [2.75, 3.05) is 13.1 Å². The lowest BCUT2D eigenvalue weighted by molar-refractivity contribution is -0.0326. The van der Waals surface area contributed by atoms with Gasteiger partial charge in [-0.25, -0.2) is 5.43 Å². The van der Waals surface area contributed by atoms with Crippen LogP contribution in [-0.4, -0.2) is 29.3 Å². The van der Waals surface area contributed by atoms with Gasteiger partial charge in [-0.2, -0.15) is 4.39 Å². The Morgan fingerprint density at radius 1 is 1.29 bits per heavy atom. The Kier molecular flexibility index (Phi) is 2.51. The first-order valence-electron chi connectivity index (χ1n) is 4.69. The molecule has 0 aromatic rings. The average molecular weight is 202 g/mol. The molecule has 0 unspecified atom stereocenters. The molecule has 0 spiro atoms. The molecular formula is C8H12F2N4. The predicted octanol–water partition coefficient (Wildman–Crippen LogP) is 1.30. The molecule has 2 aliphatic heterocycles. The molecule has 78 valence electrons. The zero-order valence-corrected chi connectivity index (χ0v) is 7.71. The molecule has 1 fully saturated rings. The molecule has 0 atom stereocenters. The number of nitrogens with zero attached hydrogens (tertiary/aromatic N) is 3. The van der Waals surface area contributed by atoms with E-state index in [1.165, 1.54) is 12.5 Å². The molecule has 2 rings (SSSR count). The van der Waals surface area contributed by atoms with Gasteiger partial charge in [-0.3, -0.25) is 0 Å². The van der Waals surface area contributed by atoms with E-state index in [1.54, 1.807) is 0 Å². The van der Waals surface area contributed by atoms with Crippen LogP contribution in [0.5, 0.6) is 0 Å². The van der Waals surface area contributed by atoms with E-state index < -0.39 is 5.97 Å². The van der Waals surface area contributed by atoms with Crippen molar-refractivity contribution in [1.82, 2.24) is 15.7 Å². The van der Waals surface area contributed by atoms with E-state index in [9.17, 15) is 8.87 Å². The summed E-state index contributed by atoms with van der Waals surface area (Å²) in [5.41, 5.74) is 2.34. The van der Waals surface area contributed by atoms with Gasteiger partial charge in [0.2, 0.25) is 5.97 Å². The fourth-order valence-electron chi connectivity index (χ4n) is 1.67. The minimum absolute atomic E-state index is 0.0979. The van der Waals surface area contributed by atoms with Crippen molar-refractivity contribution >= 4 is 5.97 Å². The number of hydrogen-bond donors (Lipinski definition) is 1. The summed E-state index contributed by atoms with van der Waals surface area (Å²) in [5, 5.41) is 2.83. The van der Waals surface area contributed by atoms with Crippen molar-refractivity contribution in [1.29, 1.82) is 0 Å². The van der Waals surface area contributed by atoms with E-state index >= 15 is 0 Å². The monoisotopic (exact) mass is 202 g/mol. The second kappa shape index (κ2) is 3.81. The van der Waals surface area contributed by atoms with E-state index in [0.717, 1.165) is 25.9 Å². The summed E-state index contributed by atoms with van der Waals surface area (Å²) in [4.78, 5) is 1.92. The molecular weight excluding hydrogens is 190 g/mol. The molecule has 0 aliphatic carbocycles. The highest BCUT2D eigenvalue weighted by molar-refractivity contribution is 5.87. The van der Waals surface area contributed by atoms with Crippen molar-refractivity contribution in [3.8, 4) is 0 Å². The van der Waals surface area contributed by atoms with Crippen LogP contribution in [0.25, 0.3) is 0 Å². The number of likely N-dealkylation sites (tertiary alicyclic amines) is 1. The van der Waals surface area contributed by atoms with Gasteiger partial charge in [0.1, 0.15) is 5.82 Å². The van der Waals surface area contributed by atoms with Gasteiger partial charge in [0.25, 0.3) is 0 Å². The Balaban J connectivity index is 2.06. The average Bonchev–Trinajstić information content (AvgIpc) is 2.18. The van der Waals surface area contributed by atoms with Crippen LogP contribution >= 0.6 is 0 Å². The zero-order chi connectivity index (χ0) is 9.97. The van der Waals surface area contributed by atoms with Crippen LogP contribution in [0.2, 0.25) is 0 Å². The van der Waals surface area contributed by atoms with Crippen LogP contribution in [0.1, 0.15) is 19.3 Å². The molecule has 14 heavy (non-hydrogen) atoms. The number of nitrogens with one attached hydrogen (secondary N) is 1. The summed E-state index contributed by atoms with van der Waals surface area (Å²) in [6.07, 6.45) is 4.51. The van der Waals surface area contributed by atoms with Crippen LogP contribution in [0.3, 0.4) is 0 Å². The maximum Gasteiger partial charge on any atom is 0.239 e. The van der Waals surface area contributed by atoms with Crippen LogP contribution in [0.4, 0.5) is 8.87 Å². The third-order valence-corrected chi connectivity index (χ3v) is 2.34. The Bertz CT molecular complexity index is 271. The Morgan fingerprint density at radius 2 is 2.00 bits per heavy atom. The third kappa shape index (κ3) is 1.94. The standard InChI is InChI=1S/C8H12F2N4/c9-7-6-8(12-14(10)11-7)13-4-2-1-3-5-13/h6,12H,1-5H2. The van der Waals surface area contributed by atoms with Crippen molar-refractivity contribution < 1.29 is 8.87 Å². The van der Waals surface area contributed by atoms with Crippen molar-refractivity contribution in [3.05, 3.63) is 11.9 Å². The number of allylic oxidation sites excluding steroid dienone is 1. The number of piperidine rings is 1. The van der Waals surface area contributed by atoms with Crippen molar-refractivity contribution in [2.45, 2.75) is 19.3 Å². The van der Waals surface area contributed by atoms with Gasteiger partial charge in [0.05, 0.1) is 0 Å². The van der Waals surface area contributed by atoms with Gasteiger partial charge in [-0.05, 0) is 24.6 Å². The van der Waals surface area contributed by atoms with E-state index in [-0.39, 0.29) is 5.34 Å². The molecule has 2 heterocycles. The lowest BCUT2D eigenvalue weighted by atomic mass is 10.1. The summed E-state index contributed by atoms with van der Waals surface area (Å²) in [6, 6.07) is 0. The number of hydrazone groups is 1. The first-order valence-corrected chi connectivity index (χ1v) is 4.69. The molecule has 0 aromatic carbocycles. The number of halogens is 2. The summed E-state index contributed by atoms with van der Waals surface area (Å²) in [5.74, 6) is -0.369. The van der Waals surface area contributed by atoms with E-state index in [2.05, 4.69) is 10.5 Å². The van der Waals surface area contributed by atoms with Gasteiger partial charge in [0, 0.05) is 19.2 Å². The highest BCUT2D eigenvalue weighted by atomic mass is 19.2. The van der Waals surface area contributed by atoms with Crippen LogP contribution in [0.15, 0.2) is 17.0 Å². The van der Waals surface area contributed by atoms with Crippen LogP contribution in [-0.2, 0) is 0 Å². The summed E-state index contributed by atoms with van der Waals surface area (Å²) in [6.45, 7) is 1.67. The quantitative estimate of drug-likeness (QED) is 0.650. The fourth-order valence-corrected chi connectivity index (χ4v) is 1.67. The molecule has 4 nitrogen and oxygen atoms in total. The van der Waals surface area contributed by atoms with E-state index in [4.69, 9.17) is 0 Å². The highest BCUT2D eigenvalue weighted by Crippen LogP contribution is 2.15. The smallest absolute Gasteiger partial charge is 0.239 e. The van der Waals surface area contributed by atoms with Crippen LogP contribution in [0, 0.1) is 0 Å². The second-order valence-corrected chi connectivity index (χ2v) is 3.37. The molecule has 1 saturated heterocycles. The Labute approximate surface area is 80.8 Å². The molecule has 1 N–H and O–H groups in total. The van der Waals surface area contributed by atoms with Gasteiger partial charge in [-0.1, -0.05) is 9.58 Å². The number of rotatable bonds is 1. The van der Waals surface area contributed by atoms with E-state index in [1.807, 2.05) is 4.90 Å². The fraction of sp³-hybridized carbons (Fsp3) is 0.625. The highest BCUT2D eigenvalue weighted by Gasteiger charge is 2.19. The summed E-state index contributed by atoms with van der Waals surface area (Å²) in [7, 11) is 0. The topological polar surface area (TPSA) is 30.9 Å². The van der Waals surface area contributed by atoms with Gasteiger partial charge in [0.15, 0.2) is 0 Å². The Morgan fingerprint density at radius 3 is 2.64 bits per heavy atom. The lowest BCUT2D eigenvalue weighted by Crippen LogP contribution is -2.41. The van der Waals surface area contributed by atoms with Gasteiger partial charge >= 0.3 is 0 Å². The van der Waals surface area contributed by atoms with Gasteiger partial charge in [-0.15, -0.1) is 0 Å². The first-order chi connectivity index (χ1) is 6.75. The molecule has 0 amide bonds. The summed E-state index contributed by atoms with van der Waals surface area (Å²) < 4.78 is 25.4.